The number of hydrogen-bond acceptors (Lipinski definition) is 3. The van der Waals surface area contributed by atoms with Crippen molar-refractivity contribution in [1.29, 1.82) is 0 Å². The topological polar surface area (TPSA) is 21.3 Å². The highest BCUT2D eigenvalue weighted by Gasteiger charge is 2.01. The highest BCUT2D eigenvalue weighted by Crippen LogP contribution is 2.17. The zero-order valence-electron chi connectivity index (χ0n) is 6.67. The molecule has 4 heteroatoms. The minimum Gasteiger partial charge on any atom is -0.494 e. The Morgan fingerprint density at radius 3 is 2.83 bits per heavy atom. The van der Waals surface area contributed by atoms with Crippen LogP contribution in [-0.2, 0) is 6.54 Å². The van der Waals surface area contributed by atoms with E-state index in [0.717, 1.165) is 5.56 Å². The van der Waals surface area contributed by atoms with Crippen LogP contribution in [-0.4, -0.2) is 7.11 Å². The maximum atomic E-state index is 13.0. The summed E-state index contributed by atoms with van der Waals surface area (Å²) in [5.74, 6) is -0.0866. The molecule has 0 amide bonds. The van der Waals surface area contributed by atoms with Crippen LogP contribution in [0.5, 0.6) is 5.75 Å². The molecule has 0 fully saturated rings. The lowest BCUT2D eigenvalue weighted by Crippen LogP contribution is -1.99. The second kappa shape index (κ2) is 4.33. The molecule has 12 heavy (non-hydrogen) atoms. The molecule has 0 bridgehead atoms. The third-order valence-electron chi connectivity index (χ3n) is 1.50. The van der Waals surface area contributed by atoms with E-state index in [-0.39, 0.29) is 11.6 Å². The van der Waals surface area contributed by atoms with Gasteiger partial charge in [0.2, 0.25) is 0 Å². The van der Waals surface area contributed by atoms with Crippen molar-refractivity contribution < 1.29 is 9.13 Å². The Bertz CT molecular complexity index is 267. The van der Waals surface area contributed by atoms with Crippen molar-refractivity contribution in [2.75, 3.05) is 7.11 Å². The molecule has 66 valence electrons. The van der Waals surface area contributed by atoms with Gasteiger partial charge in [-0.1, -0.05) is 18.9 Å². The van der Waals surface area contributed by atoms with Crippen molar-refractivity contribution in [3.8, 4) is 5.75 Å². The summed E-state index contributed by atoms with van der Waals surface area (Å²) in [7, 11) is 1.44. The van der Waals surface area contributed by atoms with E-state index < -0.39 is 0 Å². The van der Waals surface area contributed by atoms with Crippen LogP contribution in [0.3, 0.4) is 0 Å². The Hall–Kier alpha value is -0.740. The number of halogens is 1. The molecule has 0 aromatic heterocycles. The smallest absolute Gasteiger partial charge is 0.165 e. The summed E-state index contributed by atoms with van der Waals surface area (Å²) in [4.78, 5) is 0. The van der Waals surface area contributed by atoms with Gasteiger partial charge in [0.05, 0.1) is 7.11 Å². The van der Waals surface area contributed by atoms with E-state index in [0.29, 0.717) is 6.54 Å². The lowest BCUT2D eigenvalue weighted by atomic mass is 10.2. The van der Waals surface area contributed by atoms with Gasteiger partial charge in [0.15, 0.2) is 11.6 Å². The van der Waals surface area contributed by atoms with Crippen LogP contribution in [0.2, 0.25) is 0 Å². The van der Waals surface area contributed by atoms with Crippen molar-refractivity contribution in [1.82, 2.24) is 4.72 Å². The first kappa shape index (κ1) is 9.35. The van der Waals surface area contributed by atoms with Crippen molar-refractivity contribution in [2.45, 2.75) is 6.54 Å². The predicted octanol–water partition coefficient (Wildman–Crippen LogP) is 1.77. The molecule has 1 aromatic rings. The first-order chi connectivity index (χ1) is 5.77. The SMILES string of the molecule is COc1ccc(CNS)cc1F. The van der Waals surface area contributed by atoms with E-state index in [9.17, 15) is 4.39 Å². The average molecular weight is 187 g/mol. The number of nitrogens with one attached hydrogen (secondary N) is 1. The largest absolute Gasteiger partial charge is 0.494 e. The summed E-state index contributed by atoms with van der Waals surface area (Å²) >= 11 is 3.81. The van der Waals surface area contributed by atoms with Gasteiger partial charge in [0.25, 0.3) is 0 Å². The Morgan fingerprint density at radius 1 is 1.58 bits per heavy atom. The van der Waals surface area contributed by atoms with Gasteiger partial charge in [-0.3, -0.25) is 4.72 Å². The lowest BCUT2D eigenvalue weighted by Gasteiger charge is -2.03. The molecular weight excluding hydrogens is 177 g/mol. The van der Waals surface area contributed by atoms with Gasteiger partial charge in [0.1, 0.15) is 0 Å². The summed E-state index contributed by atoms with van der Waals surface area (Å²) < 4.78 is 20.4. The average Bonchev–Trinajstić information content (AvgIpc) is 2.05. The normalized spacial score (nSPS) is 9.92. The van der Waals surface area contributed by atoms with E-state index in [1.165, 1.54) is 13.2 Å². The molecule has 0 atom stereocenters. The van der Waals surface area contributed by atoms with Gasteiger partial charge in [-0.2, -0.15) is 0 Å². The fourth-order valence-corrected chi connectivity index (χ4v) is 1.09. The van der Waals surface area contributed by atoms with E-state index in [2.05, 4.69) is 17.5 Å². The highest BCUT2D eigenvalue weighted by atomic mass is 32.1. The quantitative estimate of drug-likeness (QED) is 0.704. The van der Waals surface area contributed by atoms with Crippen LogP contribution in [0.25, 0.3) is 0 Å². The molecule has 0 saturated heterocycles. The predicted molar refractivity (Wildman–Crippen MR) is 48.8 cm³/mol. The molecule has 2 nitrogen and oxygen atoms in total. The zero-order valence-corrected chi connectivity index (χ0v) is 7.57. The molecule has 0 aliphatic rings. The first-order valence-electron chi connectivity index (χ1n) is 3.47. The molecule has 0 radical (unpaired) electrons. The molecule has 0 spiro atoms. The summed E-state index contributed by atoms with van der Waals surface area (Å²) in [6.07, 6.45) is 0. The van der Waals surface area contributed by atoms with Gasteiger partial charge in [-0.15, -0.1) is 0 Å². The first-order valence-corrected chi connectivity index (χ1v) is 3.92. The Labute approximate surface area is 76.3 Å². The number of methoxy groups -OCH3 is 1. The van der Waals surface area contributed by atoms with Crippen LogP contribution in [0.1, 0.15) is 5.56 Å². The van der Waals surface area contributed by atoms with Gasteiger partial charge >= 0.3 is 0 Å². The number of rotatable bonds is 3. The molecule has 1 aromatic carbocycles. The van der Waals surface area contributed by atoms with Gasteiger partial charge in [-0.05, 0) is 17.7 Å². The molecule has 0 heterocycles. The minimum absolute atomic E-state index is 0.262. The van der Waals surface area contributed by atoms with Crippen LogP contribution in [0.4, 0.5) is 4.39 Å². The van der Waals surface area contributed by atoms with Crippen LogP contribution in [0, 0.1) is 5.82 Å². The highest BCUT2D eigenvalue weighted by molar-refractivity contribution is 7.78. The molecule has 0 unspecified atom stereocenters. The van der Waals surface area contributed by atoms with Crippen LogP contribution < -0.4 is 9.46 Å². The molecular formula is C8H10FNOS. The Morgan fingerprint density at radius 2 is 2.33 bits per heavy atom. The van der Waals surface area contributed by atoms with Crippen molar-refractivity contribution >= 4 is 12.8 Å². The van der Waals surface area contributed by atoms with E-state index >= 15 is 0 Å². The van der Waals surface area contributed by atoms with Crippen LogP contribution >= 0.6 is 12.8 Å². The number of ether oxygens (including phenoxy) is 1. The third-order valence-corrected chi connectivity index (χ3v) is 1.66. The van der Waals surface area contributed by atoms with Crippen molar-refractivity contribution in [3.63, 3.8) is 0 Å². The number of hydrogen-bond donors (Lipinski definition) is 2. The second-order valence-corrected chi connectivity index (χ2v) is 2.62. The monoisotopic (exact) mass is 187 g/mol. The van der Waals surface area contributed by atoms with Gasteiger partial charge in [0, 0.05) is 6.54 Å². The maximum Gasteiger partial charge on any atom is 0.165 e. The van der Waals surface area contributed by atoms with E-state index in [1.54, 1.807) is 12.1 Å². The Kier molecular flexibility index (Phi) is 3.37. The van der Waals surface area contributed by atoms with Gasteiger partial charge < -0.3 is 4.74 Å². The molecule has 0 saturated carbocycles. The van der Waals surface area contributed by atoms with E-state index in [1.807, 2.05) is 0 Å². The summed E-state index contributed by atoms with van der Waals surface area (Å²) in [5.41, 5.74) is 0.836. The lowest BCUT2D eigenvalue weighted by molar-refractivity contribution is 0.386. The minimum atomic E-state index is -0.349. The second-order valence-electron chi connectivity index (χ2n) is 2.30. The number of thiol groups is 1. The van der Waals surface area contributed by atoms with Crippen LogP contribution in [0.15, 0.2) is 18.2 Å². The van der Waals surface area contributed by atoms with Gasteiger partial charge in [-0.25, -0.2) is 4.39 Å². The summed E-state index contributed by atoms with van der Waals surface area (Å²) in [6, 6.07) is 4.79. The van der Waals surface area contributed by atoms with Crippen molar-refractivity contribution in [2.24, 2.45) is 0 Å². The summed E-state index contributed by atoms with van der Waals surface area (Å²) in [5, 5.41) is 0. The zero-order chi connectivity index (χ0) is 8.97. The standard InChI is InChI=1S/C8H10FNOS/c1-11-8-3-2-6(5-10-12)4-7(8)9/h2-4,10,12H,5H2,1H3. The molecule has 1 N–H and O–H groups in total. The molecule has 1 rings (SSSR count). The fourth-order valence-electron chi connectivity index (χ4n) is 0.911. The fraction of sp³-hybridized carbons (Fsp3) is 0.250. The molecule has 0 aliphatic carbocycles. The van der Waals surface area contributed by atoms with Crippen molar-refractivity contribution in [3.05, 3.63) is 29.6 Å². The molecule has 0 aliphatic heterocycles. The summed E-state index contributed by atoms with van der Waals surface area (Å²) in [6.45, 7) is 0.532. The maximum absolute atomic E-state index is 13.0. The third kappa shape index (κ3) is 2.12. The van der Waals surface area contributed by atoms with E-state index in [4.69, 9.17) is 4.74 Å². The Balaban J connectivity index is 2.86. The number of benzene rings is 1.